The number of benzene rings is 2. The van der Waals surface area contributed by atoms with Gasteiger partial charge in [0, 0.05) is 0 Å². The summed E-state index contributed by atoms with van der Waals surface area (Å²) in [6, 6.07) is 11.3. The molecule has 120 valence electrons. The summed E-state index contributed by atoms with van der Waals surface area (Å²) < 4.78 is 46.1. The molecule has 0 fully saturated rings. The Morgan fingerprint density at radius 2 is 1.96 bits per heavy atom. The lowest BCUT2D eigenvalue weighted by atomic mass is 10.2. The first-order chi connectivity index (χ1) is 10.8. The van der Waals surface area contributed by atoms with Crippen LogP contribution in [0.4, 0.5) is 10.1 Å². The van der Waals surface area contributed by atoms with Gasteiger partial charge in [0.05, 0.1) is 28.3 Å². The molecule has 0 unspecified atom stereocenters. The molecule has 23 heavy (non-hydrogen) atoms. The van der Waals surface area contributed by atoms with Crippen LogP contribution < -0.4 is 9.46 Å². The van der Waals surface area contributed by atoms with Gasteiger partial charge in [-0.05, 0) is 50.2 Å². The molecular formula is C16H15FN2O3S. The van der Waals surface area contributed by atoms with Gasteiger partial charge in [0.1, 0.15) is 0 Å². The molecule has 1 N–H and O–H groups in total. The Hall–Kier alpha value is -2.59. The van der Waals surface area contributed by atoms with Gasteiger partial charge < -0.3 is 4.74 Å². The molecule has 0 aromatic heterocycles. The molecule has 0 aliphatic rings. The summed E-state index contributed by atoms with van der Waals surface area (Å²) in [5.74, 6) is -0.766. The maximum atomic E-state index is 13.9. The van der Waals surface area contributed by atoms with Crippen LogP contribution >= 0.6 is 0 Å². The Bertz CT molecular complexity index is 858. The number of nitrogens with one attached hydrogen (secondary N) is 1. The zero-order chi connectivity index (χ0) is 17.0. The number of anilines is 1. The first-order valence-electron chi connectivity index (χ1n) is 6.81. The summed E-state index contributed by atoms with van der Waals surface area (Å²) in [6.07, 6.45) is -0.223. The predicted octanol–water partition coefficient (Wildman–Crippen LogP) is 3.29. The molecule has 0 atom stereocenters. The highest BCUT2D eigenvalue weighted by Crippen LogP contribution is 2.24. The summed E-state index contributed by atoms with van der Waals surface area (Å²) in [7, 11) is -3.96. The fraction of sp³-hybridized carbons (Fsp3) is 0.188. The maximum absolute atomic E-state index is 13.9. The number of rotatable bonds is 5. The molecule has 0 aliphatic carbocycles. The predicted molar refractivity (Wildman–Crippen MR) is 84.1 cm³/mol. The number of sulfonamides is 1. The molecule has 0 amide bonds. The van der Waals surface area contributed by atoms with Crippen molar-refractivity contribution in [3.05, 3.63) is 53.8 Å². The van der Waals surface area contributed by atoms with Crippen molar-refractivity contribution in [2.24, 2.45) is 0 Å². The van der Waals surface area contributed by atoms with Crippen molar-refractivity contribution >= 4 is 15.7 Å². The van der Waals surface area contributed by atoms with Gasteiger partial charge in [0.25, 0.3) is 10.0 Å². The van der Waals surface area contributed by atoms with Crippen LogP contribution in [0.25, 0.3) is 0 Å². The summed E-state index contributed by atoms with van der Waals surface area (Å²) in [5, 5.41) is 8.83. The number of nitrogens with zero attached hydrogens (tertiary/aromatic N) is 1. The topological polar surface area (TPSA) is 79.2 Å². The normalized spacial score (nSPS) is 11.1. The molecule has 7 heteroatoms. The van der Waals surface area contributed by atoms with E-state index in [1.165, 1.54) is 24.3 Å². The van der Waals surface area contributed by atoms with E-state index in [0.717, 1.165) is 6.07 Å². The molecule has 0 heterocycles. The highest BCUT2D eigenvalue weighted by Gasteiger charge is 2.17. The summed E-state index contributed by atoms with van der Waals surface area (Å²) in [6.45, 7) is 3.49. The van der Waals surface area contributed by atoms with E-state index < -0.39 is 15.8 Å². The van der Waals surface area contributed by atoms with Gasteiger partial charge in [-0.1, -0.05) is 6.07 Å². The average Bonchev–Trinajstić information content (AvgIpc) is 2.48. The highest BCUT2D eigenvalue weighted by molar-refractivity contribution is 7.92. The van der Waals surface area contributed by atoms with Gasteiger partial charge in [0.2, 0.25) is 0 Å². The van der Waals surface area contributed by atoms with E-state index in [1.807, 2.05) is 6.07 Å². The molecule has 2 aromatic carbocycles. The summed E-state index contributed by atoms with van der Waals surface area (Å²) >= 11 is 0. The summed E-state index contributed by atoms with van der Waals surface area (Å²) in [4.78, 5) is -0.228. The zero-order valence-electron chi connectivity index (χ0n) is 12.6. The van der Waals surface area contributed by atoms with Crippen molar-refractivity contribution in [3.8, 4) is 11.8 Å². The van der Waals surface area contributed by atoms with Crippen molar-refractivity contribution in [2.45, 2.75) is 24.8 Å². The second kappa shape index (κ2) is 6.67. The van der Waals surface area contributed by atoms with Crippen LogP contribution in [0.1, 0.15) is 19.4 Å². The first kappa shape index (κ1) is 16.8. The standard InChI is InChI=1S/C16H15FN2O3S/c1-11(2)22-16-7-6-14(9-15(16)17)23(20,21)19-13-5-3-4-12(8-13)10-18/h3-9,11,19H,1-2H3. The van der Waals surface area contributed by atoms with Crippen LogP contribution in [0.15, 0.2) is 47.4 Å². The minimum atomic E-state index is -3.96. The SMILES string of the molecule is CC(C)Oc1ccc(S(=O)(=O)Nc2cccc(C#N)c2)cc1F. The Morgan fingerprint density at radius 1 is 1.22 bits per heavy atom. The fourth-order valence-electron chi connectivity index (χ4n) is 1.86. The number of hydrogen-bond acceptors (Lipinski definition) is 4. The maximum Gasteiger partial charge on any atom is 0.262 e. The average molecular weight is 334 g/mol. The quantitative estimate of drug-likeness (QED) is 0.910. The van der Waals surface area contributed by atoms with Crippen LogP contribution in [0.3, 0.4) is 0 Å². The first-order valence-corrected chi connectivity index (χ1v) is 8.29. The molecule has 0 saturated carbocycles. The van der Waals surface area contributed by atoms with E-state index in [2.05, 4.69) is 4.72 Å². The van der Waals surface area contributed by atoms with E-state index in [0.29, 0.717) is 5.56 Å². The largest absolute Gasteiger partial charge is 0.488 e. The van der Waals surface area contributed by atoms with Crippen LogP contribution in [0, 0.1) is 17.1 Å². The number of hydrogen-bond donors (Lipinski definition) is 1. The van der Waals surface area contributed by atoms with Crippen LogP contribution in [0.2, 0.25) is 0 Å². The fourth-order valence-corrected chi connectivity index (χ4v) is 2.93. The van der Waals surface area contributed by atoms with Crippen molar-refractivity contribution in [1.82, 2.24) is 0 Å². The molecular weight excluding hydrogens is 319 g/mol. The molecule has 0 aliphatic heterocycles. The smallest absolute Gasteiger partial charge is 0.262 e. The van der Waals surface area contributed by atoms with Crippen molar-refractivity contribution in [1.29, 1.82) is 5.26 Å². The van der Waals surface area contributed by atoms with Crippen molar-refractivity contribution in [2.75, 3.05) is 4.72 Å². The molecule has 2 rings (SSSR count). The van der Waals surface area contributed by atoms with Gasteiger partial charge in [-0.2, -0.15) is 5.26 Å². The second-order valence-electron chi connectivity index (χ2n) is 5.06. The van der Waals surface area contributed by atoms with Gasteiger partial charge in [-0.25, -0.2) is 12.8 Å². The monoisotopic (exact) mass is 334 g/mol. The molecule has 2 aromatic rings. The second-order valence-corrected chi connectivity index (χ2v) is 6.74. The Balaban J connectivity index is 2.29. The lowest BCUT2D eigenvalue weighted by molar-refractivity contribution is 0.231. The van der Waals surface area contributed by atoms with Gasteiger partial charge in [-0.15, -0.1) is 0 Å². The molecule has 0 radical (unpaired) electrons. The third-order valence-corrected chi connectivity index (χ3v) is 4.20. The van der Waals surface area contributed by atoms with Crippen LogP contribution in [-0.4, -0.2) is 14.5 Å². The third-order valence-electron chi connectivity index (χ3n) is 2.82. The van der Waals surface area contributed by atoms with E-state index >= 15 is 0 Å². The third kappa shape index (κ3) is 4.20. The minimum Gasteiger partial charge on any atom is -0.488 e. The molecule has 5 nitrogen and oxygen atoms in total. The van der Waals surface area contributed by atoms with E-state index in [1.54, 1.807) is 26.0 Å². The lowest BCUT2D eigenvalue weighted by Gasteiger charge is -2.12. The number of ether oxygens (including phenoxy) is 1. The zero-order valence-corrected chi connectivity index (χ0v) is 13.4. The number of halogens is 1. The van der Waals surface area contributed by atoms with Gasteiger partial charge in [0.15, 0.2) is 11.6 Å². The van der Waals surface area contributed by atoms with Crippen molar-refractivity contribution in [3.63, 3.8) is 0 Å². The van der Waals surface area contributed by atoms with E-state index in [-0.39, 0.29) is 22.4 Å². The van der Waals surface area contributed by atoms with E-state index in [4.69, 9.17) is 10.00 Å². The Labute approximate surface area is 134 Å². The van der Waals surface area contributed by atoms with Crippen molar-refractivity contribution < 1.29 is 17.5 Å². The highest BCUT2D eigenvalue weighted by atomic mass is 32.2. The van der Waals surface area contributed by atoms with Gasteiger partial charge in [-0.3, -0.25) is 4.72 Å². The Kier molecular flexibility index (Phi) is 4.86. The lowest BCUT2D eigenvalue weighted by Crippen LogP contribution is -2.14. The molecule has 0 spiro atoms. The van der Waals surface area contributed by atoms with Crippen LogP contribution in [-0.2, 0) is 10.0 Å². The van der Waals surface area contributed by atoms with Crippen LogP contribution in [0.5, 0.6) is 5.75 Å². The minimum absolute atomic E-state index is 0.00886. The Morgan fingerprint density at radius 3 is 2.57 bits per heavy atom. The molecule has 0 saturated heterocycles. The van der Waals surface area contributed by atoms with E-state index in [9.17, 15) is 12.8 Å². The number of nitriles is 1. The van der Waals surface area contributed by atoms with Gasteiger partial charge >= 0.3 is 0 Å². The summed E-state index contributed by atoms with van der Waals surface area (Å²) in [5.41, 5.74) is 0.545. The molecule has 0 bridgehead atoms.